The van der Waals surface area contributed by atoms with Crippen molar-refractivity contribution in [2.24, 2.45) is 0 Å². The maximum atomic E-state index is 5.48. The van der Waals surface area contributed by atoms with E-state index in [-0.39, 0.29) is 0 Å². The molecule has 1 aromatic heterocycles. The van der Waals surface area contributed by atoms with Crippen LogP contribution in [-0.4, -0.2) is 27.9 Å². The fourth-order valence-electron chi connectivity index (χ4n) is 3.46. The molecule has 2 heterocycles. The van der Waals surface area contributed by atoms with Crippen LogP contribution in [0.15, 0.2) is 0 Å². The first-order chi connectivity index (χ1) is 9.36. The molecule has 106 valence electrons. The summed E-state index contributed by atoms with van der Waals surface area (Å²) in [5.74, 6) is 1.10. The Balaban J connectivity index is 1.86. The Bertz CT molecular complexity index is 450. The van der Waals surface area contributed by atoms with Gasteiger partial charge in [0.05, 0.1) is 0 Å². The highest BCUT2D eigenvalue weighted by atomic mass is 32.1. The van der Waals surface area contributed by atoms with Gasteiger partial charge in [-0.2, -0.15) is 0 Å². The average molecular weight is 280 g/mol. The van der Waals surface area contributed by atoms with Gasteiger partial charge in [0.15, 0.2) is 4.77 Å². The van der Waals surface area contributed by atoms with E-state index in [1.807, 2.05) is 0 Å². The largest absolute Gasteiger partial charge is 0.341 e. The van der Waals surface area contributed by atoms with Crippen molar-refractivity contribution in [3.05, 3.63) is 4.77 Å². The van der Waals surface area contributed by atoms with E-state index >= 15 is 0 Å². The lowest BCUT2D eigenvalue weighted by Gasteiger charge is -2.28. The first-order valence-electron chi connectivity index (χ1n) is 7.78. The molecule has 3 rings (SSSR count). The van der Waals surface area contributed by atoms with Crippen LogP contribution < -0.4 is 4.90 Å². The lowest BCUT2D eigenvalue weighted by atomic mass is 9.95. The van der Waals surface area contributed by atoms with Crippen molar-refractivity contribution >= 4 is 18.2 Å². The standard InChI is InChI=1S/C14H24N4S/c19-14-16-15-13(17-10-6-1-2-7-11-17)18(14)12-8-4-3-5-9-12/h12H,1-11H2,(H,16,19). The van der Waals surface area contributed by atoms with Gasteiger partial charge < -0.3 is 4.90 Å². The molecule has 1 saturated carbocycles. The predicted octanol–water partition coefficient (Wildman–Crippen LogP) is 3.83. The van der Waals surface area contributed by atoms with Crippen LogP contribution in [0.5, 0.6) is 0 Å². The Labute approximate surface area is 120 Å². The van der Waals surface area contributed by atoms with Gasteiger partial charge in [-0.05, 0) is 37.9 Å². The van der Waals surface area contributed by atoms with Gasteiger partial charge in [-0.1, -0.05) is 32.1 Å². The van der Waals surface area contributed by atoms with Gasteiger partial charge in [0.1, 0.15) is 0 Å². The molecule has 1 aliphatic carbocycles. The van der Waals surface area contributed by atoms with Crippen molar-refractivity contribution in [1.29, 1.82) is 0 Å². The Morgan fingerprint density at radius 2 is 1.58 bits per heavy atom. The minimum absolute atomic E-state index is 0.568. The van der Waals surface area contributed by atoms with Crippen LogP contribution in [0.1, 0.15) is 63.8 Å². The van der Waals surface area contributed by atoms with Crippen LogP contribution in [0.4, 0.5) is 5.95 Å². The Hall–Kier alpha value is -0.840. The van der Waals surface area contributed by atoms with Gasteiger partial charge in [-0.3, -0.25) is 4.57 Å². The minimum Gasteiger partial charge on any atom is -0.341 e. The number of anilines is 1. The van der Waals surface area contributed by atoms with Gasteiger partial charge in [0.2, 0.25) is 5.95 Å². The summed E-state index contributed by atoms with van der Waals surface area (Å²) in [5.41, 5.74) is 0. The van der Waals surface area contributed by atoms with Crippen LogP contribution >= 0.6 is 12.2 Å². The lowest BCUT2D eigenvalue weighted by Crippen LogP contribution is -2.29. The summed E-state index contributed by atoms with van der Waals surface area (Å²) in [4.78, 5) is 2.44. The third kappa shape index (κ3) is 2.86. The molecule has 0 aromatic carbocycles. The van der Waals surface area contributed by atoms with E-state index in [1.54, 1.807) is 0 Å². The molecule has 1 aromatic rings. The van der Waals surface area contributed by atoms with Crippen molar-refractivity contribution in [3.63, 3.8) is 0 Å². The molecule has 0 radical (unpaired) electrons. The molecule has 1 aliphatic heterocycles. The molecule has 1 N–H and O–H groups in total. The smallest absolute Gasteiger partial charge is 0.225 e. The van der Waals surface area contributed by atoms with Crippen LogP contribution in [-0.2, 0) is 0 Å². The van der Waals surface area contributed by atoms with Crippen LogP contribution in [0, 0.1) is 4.77 Å². The zero-order valence-electron chi connectivity index (χ0n) is 11.6. The highest BCUT2D eigenvalue weighted by molar-refractivity contribution is 7.71. The van der Waals surface area contributed by atoms with E-state index < -0.39 is 0 Å². The summed E-state index contributed by atoms with van der Waals surface area (Å²) in [6.07, 6.45) is 11.8. The second-order valence-electron chi connectivity index (χ2n) is 5.89. The summed E-state index contributed by atoms with van der Waals surface area (Å²) < 4.78 is 3.12. The normalized spacial score (nSPS) is 22.4. The third-order valence-corrected chi connectivity index (χ3v) is 4.80. The maximum absolute atomic E-state index is 5.48. The van der Waals surface area contributed by atoms with Gasteiger partial charge in [0, 0.05) is 19.1 Å². The summed E-state index contributed by atoms with van der Waals surface area (Å²) in [7, 11) is 0. The minimum atomic E-state index is 0.568. The number of aromatic amines is 1. The molecule has 0 spiro atoms. The zero-order valence-corrected chi connectivity index (χ0v) is 12.4. The van der Waals surface area contributed by atoms with E-state index in [1.165, 1.54) is 57.8 Å². The highest BCUT2D eigenvalue weighted by Crippen LogP contribution is 2.31. The van der Waals surface area contributed by atoms with E-state index in [9.17, 15) is 0 Å². The van der Waals surface area contributed by atoms with Gasteiger partial charge in [-0.15, -0.1) is 5.10 Å². The molecular formula is C14H24N4S. The third-order valence-electron chi connectivity index (χ3n) is 4.51. The number of nitrogens with zero attached hydrogens (tertiary/aromatic N) is 3. The fraction of sp³-hybridized carbons (Fsp3) is 0.857. The molecule has 2 fully saturated rings. The number of hydrogen-bond donors (Lipinski definition) is 1. The maximum Gasteiger partial charge on any atom is 0.225 e. The summed E-state index contributed by atoms with van der Waals surface area (Å²) in [6, 6.07) is 0.568. The van der Waals surface area contributed by atoms with Crippen molar-refractivity contribution in [2.75, 3.05) is 18.0 Å². The summed E-state index contributed by atoms with van der Waals surface area (Å²) in [5, 5.41) is 7.55. The molecule has 0 unspecified atom stereocenters. The molecule has 19 heavy (non-hydrogen) atoms. The zero-order chi connectivity index (χ0) is 13.1. The second kappa shape index (κ2) is 6.07. The Morgan fingerprint density at radius 1 is 0.947 bits per heavy atom. The van der Waals surface area contributed by atoms with Crippen LogP contribution in [0.3, 0.4) is 0 Å². The van der Waals surface area contributed by atoms with Gasteiger partial charge >= 0.3 is 0 Å². The summed E-state index contributed by atoms with van der Waals surface area (Å²) >= 11 is 5.48. The second-order valence-corrected chi connectivity index (χ2v) is 6.28. The number of hydrogen-bond acceptors (Lipinski definition) is 3. The first-order valence-corrected chi connectivity index (χ1v) is 8.19. The van der Waals surface area contributed by atoms with Crippen molar-refractivity contribution in [1.82, 2.24) is 14.8 Å². The number of rotatable bonds is 2. The lowest BCUT2D eigenvalue weighted by molar-refractivity contribution is 0.350. The monoisotopic (exact) mass is 280 g/mol. The van der Waals surface area contributed by atoms with Crippen molar-refractivity contribution < 1.29 is 0 Å². The molecular weight excluding hydrogens is 256 g/mol. The van der Waals surface area contributed by atoms with Gasteiger partial charge in [-0.25, -0.2) is 5.10 Å². The quantitative estimate of drug-likeness (QED) is 0.837. The number of nitrogens with one attached hydrogen (secondary N) is 1. The molecule has 4 nitrogen and oxygen atoms in total. The van der Waals surface area contributed by atoms with Gasteiger partial charge in [0.25, 0.3) is 0 Å². The first kappa shape index (κ1) is 13.2. The Kier molecular flexibility index (Phi) is 4.21. The topological polar surface area (TPSA) is 36.9 Å². The SMILES string of the molecule is S=c1[nH]nc(N2CCCCCC2)n1C1CCCCC1. The molecule has 0 atom stereocenters. The molecule has 0 bridgehead atoms. The van der Waals surface area contributed by atoms with E-state index in [0.717, 1.165) is 23.8 Å². The predicted molar refractivity (Wildman–Crippen MR) is 80.2 cm³/mol. The molecule has 5 heteroatoms. The average Bonchev–Trinajstić information content (AvgIpc) is 2.67. The molecule has 0 amide bonds. The van der Waals surface area contributed by atoms with E-state index in [2.05, 4.69) is 19.7 Å². The Morgan fingerprint density at radius 3 is 2.26 bits per heavy atom. The number of aromatic nitrogens is 3. The van der Waals surface area contributed by atoms with Crippen molar-refractivity contribution in [2.45, 2.75) is 63.8 Å². The van der Waals surface area contributed by atoms with E-state index in [0.29, 0.717) is 6.04 Å². The fourth-order valence-corrected chi connectivity index (χ4v) is 3.73. The molecule has 2 aliphatic rings. The molecule has 1 saturated heterocycles. The van der Waals surface area contributed by atoms with Crippen molar-refractivity contribution in [3.8, 4) is 0 Å². The van der Waals surface area contributed by atoms with E-state index in [4.69, 9.17) is 12.2 Å². The van der Waals surface area contributed by atoms with Crippen LogP contribution in [0.25, 0.3) is 0 Å². The van der Waals surface area contributed by atoms with Crippen LogP contribution in [0.2, 0.25) is 0 Å². The summed E-state index contributed by atoms with van der Waals surface area (Å²) in [6.45, 7) is 2.26. The number of H-pyrrole nitrogens is 1. The highest BCUT2D eigenvalue weighted by Gasteiger charge is 2.23.